The number of ether oxygens (including phenoxy) is 1. The Morgan fingerprint density at radius 3 is 2.73 bits per heavy atom. The molecule has 0 N–H and O–H groups in total. The summed E-state index contributed by atoms with van der Waals surface area (Å²) in [5, 5.41) is 0.574. The molecule has 3 heterocycles. The van der Waals surface area contributed by atoms with E-state index in [0.29, 0.717) is 55.0 Å². The van der Waals surface area contributed by atoms with Crippen LogP contribution in [0.5, 0.6) is 0 Å². The summed E-state index contributed by atoms with van der Waals surface area (Å²) in [6, 6.07) is 9.34. The van der Waals surface area contributed by atoms with E-state index in [-0.39, 0.29) is 17.8 Å². The van der Waals surface area contributed by atoms with Crippen molar-refractivity contribution in [3.8, 4) is 0 Å². The van der Waals surface area contributed by atoms with Crippen molar-refractivity contribution in [3.05, 3.63) is 47.4 Å². The van der Waals surface area contributed by atoms with Gasteiger partial charge in [0.1, 0.15) is 11.3 Å². The first-order valence-corrected chi connectivity index (χ1v) is 11.1. The van der Waals surface area contributed by atoms with Gasteiger partial charge >= 0.3 is 5.97 Å². The van der Waals surface area contributed by atoms with Crippen LogP contribution in [0.1, 0.15) is 41.6 Å². The van der Waals surface area contributed by atoms with Gasteiger partial charge in [0.25, 0.3) is 11.1 Å². The van der Waals surface area contributed by atoms with Gasteiger partial charge in [-0.1, -0.05) is 23.9 Å². The highest BCUT2D eigenvalue weighted by Gasteiger charge is 2.29. The molecule has 0 aliphatic carbocycles. The van der Waals surface area contributed by atoms with Crippen LogP contribution in [0, 0.1) is 12.8 Å². The van der Waals surface area contributed by atoms with Crippen LogP contribution < -0.4 is 0 Å². The van der Waals surface area contributed by atoms with Crippen LogP contribution in [0.15, 0.2) is 44.4 Å². The van der Waals surface area contributed by atoms with E-state index in [2.05, 4.69) is 4.98 Å². The minimum atomic E-state index is -0.170. The third-order valence-corrected chi connectivity index (χ3v) is 6.06. The number of carbonyl (C=O) groups excluding carboxylic acids is 2. The fraction of sp³-hybridized carbons (Fsp3) is 0.409. The van der Waals surface area contributed by atoms with Crippen LogP contribution in [0.4, 0.5) is 0 Å². The molecular formula is C22H24N2O5S. The predicted molar refractivity (Wildman–Crippen MR) is 112 cm³/mol. The van der Waals surface area contributed by atoms with E-state index < -0.39 is 0 Å². The number of thioether (sulfide) groups is 1. The lowest BCUT2D eigenvalue weighted by molar-refractivity contribution is -0.149. The van der Waals surface area contributed by atoms with E-state index in [1.807, 2.05) is 25.1 Å². The van der Waals surface area contributed by atoms with Gasteiger partial charge in [-0.15, -0.1) is 0 Å². The molecule has 2 aromatic heterocycles. The minimum absolute atomic E-state index is 0.127. The Balaban J connectivity index is 1.33. The quantitative estimate of drug-likeness (QED) is 0.424. The number of oxazole rings is 1. The van der Waals surface area contributed by atoms with Crippen molar-refractivity contribution < 1.29 is 23.2 Å². The molecule has 1 aliphatic rings. The topological polar surface area (TPSA) is 85.8 Å². The zero-order chi connectivity index (χ0) is 21.1. The first-order chi connectivity index (χ1) is 14.5. The summed E-state index contributed by atoms with van der Waals surface area (Å²) in [6.45, 7) is 5.23. The maximum absolute atomic E-state index is 12.7. The highest BCUT2D eigenvalue weighted by molar-refractivity contribution is 7.98. The molecule has 0 saturated carbocycles. The predicted octanol–water partition coefficient (Wildman–Crippen LogP) is 4.44. The molecule has 4 rings (SSSR count). The van der Waals surface area contributed by atoms with E-state index in [0.717, 1.165) is 16.7 Å². The van der Waals surface area contributed by atoms with Crippen molar-refractivity contribution in [2.75, 3.05) is 19.7 Å². The zero-order valence-electron chi connectivity index (χ0n) is 17.1. The number of likely N-dealkylation sites (tertiary alicyclic amines) is 1. The molecule has 30 heavy (non-hydrogen) atoms. The van der Waals surface area contributed by atoms with Crippen LogP contribution in [-0.4, -0.2) is 41.5 Å². The van der Waals surface area contributed by atoms with E-state index in [1.165, 1.54) is 11.8 Å². The lowest BCUT2D eigenvalue weighted by atomic mass is 9.97. The number of furan rings is 1. The number of benzene rings is 1. The summed E-state index contributed by atoms with van der Waals surface area (Å²) in [5.74, 6) is 1.07. The van der Waals surface area contributed by atoms with Gasteiger partial charge in [0, 0.05) is 13.1 Å². The maximum atomic E-state index is 12.7. The van der Waals surface area contributed by atoms with E-state index in [4.69, 9.17) is 13.6 Å². The van der Waals surface area contributed by atoms with Crippen LogP contribution in [0.3, 0.4) is 0 Å². The number of nitrogens with zero attached hydrogens (tertiary/aromatic N) is 2. The Hall–Kier alpha value is -2.74. The van der Waals surface area contributed by atoms with Crippen molar-refractivity contribution in [2.45, 2.75) is 37.7 Å². The van der Waals surface area contributed by atoms with Gasteiger partial charge in [0.05, 0.1) is 18.3 Å². The van der Waals surface area contributed by atoms with Crippen LogP contribution in [0.25, 0.3) is 11.1 Å². The molecule has 0 atom stereocenters. The summed E-state index contributed by atoms with van der Waals surface area (Å²) in [5.41, 5.74) is 2.70. The Morgan fingerprint density at radius 2 is 2.00 bits per heavy atom. The summed E-state index contributed by atoms with van der Waals surface area (Å²) in [6.07, 6.45) is 1.23. The Labute approximate surface area is 178 Å². The molecule has 7 nitrogen and oxygen atoms in total. The third-order valence-electron chi connectivity index (χ3n) is 5.21. The fourth-order valence-electron chi connectivity index (χ4n) is 3.57. The highest BCUT2D eigenvalue weighted by Crippen LogP contribution is 2.28. The van der Waals surface area contributed by atoms with E-state index in [1.54, 1.807) is 24.0 Å². The number of aryl methyl sites for hydroxylation is 1. The molecule has 0 unspecified atom stereocenters. The number of piperidine rings is 1. The Kier molecular flexibility index (Phi) is 6.13. The van der Waals surface area contributed by atoms with Gasteiger partial charge in [-0.3, -0.25) is 9.59 Å². The van der Waals surface area contributed by atoms with Crippen molar-refractivity contribution in [2.24, 2.45) is 5.92 Å². The molecule has 3 aromatic rings. The lowest BCUT2D eigenvalue weighted by Gasteiger charge is -2.30. The smallest absolute Gasteiger partial charge is 0.309 e. The number of rotatable bonds is 6. The number of fused-ring (bicyclic) bond motifs is 1. The average molecular weight is 429 g/mol. The van der Waals surface area contributed by atoms with Crippen molar-refractivity contribution in [3.63, 3.8) is 0 Å². The molecular weight excluding hydrogens is 404 g/mol. The van der Waals surface area contributed by atoms with Gasteiger partial charge in [-0.25, -0.2) is 4.98 Å². The second-order valence-electron chi connectivity index (χ2n) is 7.27. The maximum Gasteiger partial charge on any atom is 0.309 e. The fourth-order valence-corrected chi connectivity index (χ4v) is 4.29. The SMILES string of the molecule is CCOC(=O)C1CCN(C(=O)c2ccc(CSc3nc4c(C)cccc4o3)o2)CC1. The van der Waals surface area contributed by atoms with E-state index >= 15 is 0 Å². The Morgan fingerprint density at radius 1 is 1.20 bits per heavy atom. The molecule has 0 bridgehead atoms. The molecule has 1 aromatic carbocycles. The number of esters is 1. The Bertz CT molecular complexity index is 1050. The molecule has 1 saturated heterocycles. The normalized spacial score (nSPS) is 14.9. The molecule has 1 aliphatic heterocycles. The van der Waals surface area contributed by atoms with Gasteiger partial charge < -0.3 is 18.5 Å². The van der Waals surface area contributed by atoms with E-state index in [9.17, 15) is 9.59 Å². The number of carbonyl (C=O) groups is 2. The zero-order valence-corrected chi connectivity index (χ0v) is 17.9. The van der Waals surface area contributed by atoms with Crippen molar-refractivity contribution in [1.82, 2.24) is 9.88 Å². The first kappa shape index (κ1) is 20.5. The molecule has 1 amide bonds. The summed E-state index contributed by atoms with van der Waals surface area (Å²) in [4.78, 5) is 30.8. The highest BCUT2D eigenvalue weighted by atomic mass is 32.2. The van der Waals surface area contributed by atoms with Crippen LogP contribution >= 0.6 is 11.8 Å². The van der Waals surface area contributed by atoms with Gasteiger partial charge in [0.2, 0.25) is 0 Å². The second-order valence-corrected chi connectivity index (χ2v) is 8.20. The molecule has 0 spiro atoms. The number of para-hydroxylation sites is 1. The molecule has 1 fully saturated rings. The first-order valence-electron chi connectivity index (χ1n) is 10.1. The number of hydrogen-bond donors (Lipinski definition) is 0. The van der Waals surface area contributed by atoms with Gasteiger partial charge in [-0.05, 0) is 50.5 Å². The minimum Gasteiger partial charge on any atom is -0.466 e. The molecule has 158 valence electrons. The summed E-state index contributed by atoms with van der Waals surface area (Å²) < 4.78 is 16.6. The van der Waals surface area contributed by atoms with Crippen molar-refractivity contribution in [1.29, 1.82) is 0 Å². The summed E-state index contributed by atoms with van der Waals surface area (Å²) >= 11 is 1.43. The standard InChI is InChI=1S/C22H24N2O5S/c1-3-27-21(26)15-9-11-24(12-10-15)20(25)18-8-7-16(28-18)13-30-22-23-19-14(2)5-4-6-17(19)29-22/h4-8,15H,3,9-13H2,1-2H3. The second kappa shape index (κ2) is 8.95. The average Bonchev–Trinajstić information content (AvgIpc) is 3.40. The van der Waals surface area contributed by atoms with Crippen LogP contribution in [0.2, 0.25) is 0 Å². The molecule has 0 radical (unpaired) electrons. The van der Waals surface area contributed by atoms with Crippen molar-refractivity contribution >= 4 is 34.7 Å². The number of amides is 1. The monoisotopic (exact) mass is 428 g/mol. The van der Waals surface area contributed by atoms with Gasteiger partial charge in [-0.2, -0.15) is 0 Å². The number of hydrogen-bond acceptors (Lipinski definition) is 7. The molecule has 8 heteroatoms. The summed E-state index contributed by atoms with van der Waals surface area (Å²) in [7, 11) is 0. The lowest BCUT2D eigenvalue weighted by Crippen LogP contribution is -2.40. The number of aromatic nitrogens is 1. The van der Waals surface area contributed by atoms with Crippen LogP contribution in [-0.2, 0) is 15.3 Å². The third kappa shape index (κ3) is 4.38. The largest absolute Gasteiger partial charge is 0.466 e. The van der Waals surface area contributed by atoms with Gasteiger partial charge in [0.15, 0.2) is 11.3 Å².